The molecule has 3 aromatic heterocycles. The zero-order chi connectivity index (χ0) is 23.5. The molecule has 0 bridgehead atoms. The number of amides is 1. The molecule has 0 unspecified atom stereocenters. The summed E-state index contributed by atoms with van der Waals surface area (Å²) >= 11 is 0. The number of carbonyl (C=O) groups excluding carboxylic acids is 1. The van der Waals surface area contributed by atoms with E-state index in [-0.39, 0.29) is 11.5 Å². The topological polar surface area (TPSA) is 120 Å². The molecular weight excluding hydrogens is 426 g/mol. The Balaban J connectivity index is 1.60. The average Bonchev–Trinajstić information content (AvgIpc) is 2.89. The first-order valence-electron chi connectivity index (χ1n) is 10.8. The van der Waals surface area contributed by atoms with Crippen LogP contribution in [0.1, 0.15) is 29.3 Å². The summed E-state index contributed by atoms with van der Waals surface area (Å²) in [4.78, 5) is 35.2. The second-order valence-electron chi connectivity index (χ2n) is 7.73. The fourth-order valence-electron chi connectivity index (χ4n) is 3.70. The SMILES string of the molecule is C[C@@H](NC(=O)c1nc(-c2ccc3ncccc3c2)c(-c2ccccc2)nc1N)c1ncccn1. The number of nitrogens with one attached hydrogen (secondary N) is 1. The lowest BCUT2D eigenvalue weighted by Crippen LogP contribution is -2.29. The summed E-state index contributed by atoms with van der Waals surface area (Å²) in [5.41, 5.74) is 9.95. The highest BCUT2D eigenvalue weighted by Crippen LogP contribution is 2.32. The molecule has 0 saturated heterocycles. The van der Waals surface area contributed by atoms with Crippen LogP contribution >= 0.6 is 0 Å². The molecule has 34 heavy (non-hydrogen) atoms. The van der Waals surface area contributed by atoms with Crippen LogP contribution in [0, 0.1) is 0 Å². The van der Waals surface area contributed by atoms with E-state index >= 15 is 0 Å². The van der Waals surface area contributed by atoms with Crippen LogP contribution in [0.25, 0.3) is 33.4 Å². The highest BCUT2D eigenvalue weighted by molar-refractivity contribution is 5.98. The van der Waals surface area contributed by atoms with Gasteiger partial charge in [0.2, 0.25) is 0 Å². The van der Waals surface area contributed by atoms with Gasteiger partial charge in [0.15, 0.2) is 11.5 Å². The zero-order valence-electron chi connectivity index (χ0n) is 18.4. The number of hydrogen-bond donors (Lipinski definition) is 2. The predicted molar refractivity (Wildman–Crippen MR) is 131 cm³/mol. The van der Waals surface area contributed by atoms with Crippen molar-refractivity contribution in [2.45, 2.75) is 13.0 Å². The maximum absolute atomic E-state index is 13.1. The quantitative estimate of drug-likeness (QED) is 0.414. The molecule has 0 saturated carbocycles. The van der Waals surface area contributed by atoms with E-state index in [1.54, 1.807) is 31.6 Å². The normalized spacial score (nSPS) is 11.8. The number of pyridine rings is 1. The fourth-order valence-corrected chi connectivity index (χ4v) is 3.70. The van der Waals surface area contributed by atoms with Crippen LogP contribution in [-0.4, -0.2) is 30.8 Å². The van der Waals surface area contributed by atoms with Gasteiger partial charge in [-0.2, -0.15) is 0 Å². The minimum absolute atomic E-state index is 0.0451. The Hall–Kier alpha value is -4.72. The Morgan fingerprint density at radius 3 is 2.35 bits per heavy atom. The fraction of sp³-hybridized carbons (Fsp3) is 0.0769. The summed E-state index contributed by atoms with van der Waals surface area (Å²) < 4.78 is 0. The van der Waals surface area contributed by atoms with Crippen LogP contribution in [-0.2, 0) is 0 Å². The smallest absolute Gasteiger partial charge is 0.274 e. The van der Waals surface area contributed by atoms with Crippen molar-refractivity contribution in [3.8, 4) is 22.5 Å². The van der Waals surface area contributed by atoms with Gasteiger partial charge in [-0.15, -0.1) is 0 Å². The zero-order valence-corrected chi connectivity index (χ0v) is 18.4. The molecule has 0 radical (unpaired) electrons. The minimum atomic E-state index is -0.451. The maximum Gasteiger partial charge on any atom is 0.274 e. The highest BCUT2D eigenvalue weighted by Gasteiger charge is 2.22. The van der Waals surface area contributed by atoms with Crippen LogP contribution in [0.15, 0.2) is 85.3 Å². The van der Waals surface area contributed by atoms with Crippen molar-refractivity contribution in [1.82, 2.24) is 30.2 Å². The van der Waals surface area contributed by atoms with E-state index in [0.717, 1.165) is 22.0 Å². The number of nitrogens with zero attached hydrogens (tertiary/aromatic N) is 5. The van der Waals surface area contributed by atoms with Crippen LogP contribution in [0.2, 0.25) is 0 Å². The Bertz CT molecular complexity index is 1470. The third-order valence-electron chi connectivity index (χ3n) is 5.38. The van der Waals surface area contributed by atoms with Gasteiger partial charge in [-0.3, -0.25) is 9.78 Å². The molecule has 0 aliphatic carbocycles. The lowest BCUT2D eigenvalue weighted by Gasteiger charge is -2.15. The van der Waals surface area contributed by atoms with Crippen LogP contribution in [0.5, 0.6) is 0 Å². The molecule has 166 valence electrons. The van der Waals surface area contributed by atoms with Crippen molar-refractivity contribution in [3.05, 3.63) is 96.8 Å². The second kappa shape index (κ2) is 9.03. The lowest BCUT2D eigenvalue weighted by molar-refractivity contribution is 0.0934. The summed E-state index contributed by atoms with van der Waals surface area (Å²) in [6, 6.07) is 20.6. The molecular formula is C26H21N7O. The van der Waals surface area contributed by atoms with Gasteiger partial charge < -0.3 is 11.1 Å². The third-order valence-corrected chi connectivity index (χ3v) is 5.38. The molecule has 0 aliphatic rings. The molecule has 8 nitrogen and oxygen atoms in total. The summed E-state index contributed by atoms with van der Waals surface area (Å²) in [5, 5.41) is 3.82. The number of carbonyl (C=O) groups is 1. The van der Waals surface area contributed by atoms with Gasteiger partial charge >= 0.3 is 0 Å². The Kier molecular flexibility index (Phi) is 5.61. The van der Waals surface area contributed by atoms with Crippen molar-refractivity contribution in [3.63, 3.8) is 0 Å². The number of hydrogen-bond acceptors (Lipinski definition) is 7. The van der Waals surface area contributed by atoms with Crippen molar-refractivity contribution in [1.29, 1.82) is 0 Å². The Morgan fingerprint density at radius 1 is 0.824 bits per heavy atom. The largest absolute Gasteiger partial charge is 0.382 e. The van der Waals surface area contributed by atoms with Gasteiger partial charge in [0.05, 0.1) is 22.9 Å². The number of fused-ring (bicyclic) bond motifs is 1. The van der Waals surface area contributed by atoms with Gasteiger partial charge in [0, 0.05) is 35.1 Å². The van der Waals surface area contributed by atoms with Crippen molar-refractivity contribution in [2.75, 3.05) is 5.73 Å². The molecule has 0 fully saturated rings. The van der Waals surface area contributed by atoms with Crippen LogP contribution in [0.4, 0.5) is 5.82 Å². The number of rotatable bonds is 5. The van der Waals surface area contributed by atoms with E-state index in [1.165, 1.54) is 0 Å². The summed E-state index contributed by atoms with van der Waals surface area (Å²) in [6.45, 7) is 1.80. The number of benzene rings is 2. The van der Waals surface area contributed by atoms with Crippen molar-refractivity contribution >= 4 is 22.6 Å². The number of anilines is 1. The van der Waals surface area contributed by atoms with E-state index in [0.29, 0.717) is 17.2 Å². The van der Waals surface area contributed by atoms with E-state index in [4.69, 9.17) is 10.7 Å². The highest BCUT2D eigenvalue weighted by atomic mass is 16.2. The molecule has 3 heterocycles. The van der Waals surface area contributed by atoms with Crippen LogP contribution in [0.3, 0.4) is 0 Å². The second-order valence-corrected chi connectivity index (χ2v) is 7.73. The van der Waals surface area contributed by atoms with Gasteiger partial charge in [0.25, 0.3) is 5.91 Å². The number of aromatic nitrogens is 5. The molecule has 0 aliphatic heterocycles. The number of nitrogens with two attached hydrogens (primary N) is 1. The molecule has 5 rings (SSSR count). The standard InChI is InChI=1S/C26H21N7O/c1-16(25-29-13-6-14-30-25)31-26(34)23-24(27)33-21(17-7-3-2-4-8-17)22(32-23)19-10-11-20-18(15-19)9-5-12-28-20/h2-16H,1H3,(H2,27,33)(H,31,34)/t16-/m1/s1. The minimum Gasteiger partial charge on any atom is -0.382 e. The van der Waals surface area contributed by atoms with Gasteiger partial charge in [-0.1, -0.05) is 42.5 Å². The van der Waals surface area contributed by atoms with Crippen LogP contribution < -0.4 is 11.1 Å². The maximum atomic E-state index is 13.1. The first-order valence-corrected chi connectivity index (χ1v) is 10.8. The molecule has 0 spiro atoms. The molecule has 1 atom stereocenters. The van der Waals surface area contributed by atoms with Gasteiger partial charge in [-0.25, -0.2) is 19.9 Å². The molecule has 2 aromatic carbocycles. The first kappa shape index (κ1) is 21.1. The van der Waals surface area contributed by atoms with E-state index in [9.17, 15) is 4.79 Å². The Morgan fingerprint density at radius 2 is 1.56 bits per heavy atom. The van der Waals surface area contributed by atoms with Crippen molar-refractivity contribution in [2.24, 2.45) is 0 Å². The monoisotopic (exact) mass is 447 g/mol. The summed E-state index contributed by atoms with van der Waals surface area (Å²) in [5.74, 6) is 0.0857. The van der Waals surface area contributed by atoms with E-state index in [1.807, 2.05) is 60.7 Å². The molecule has 8 heteroatoms. The lowest BCUT2D eigenvalue weighted by atomic mass is 10.0. The summed E-state index contributed by atoms with van der Waals surface area (Å²) in [6.07, 6.45) is 5.00. The summed E-state index contributed by atoms with van der Waals surface area (Å²) in [7, 11) is 0. The molecule has 1 amide bonds. The van der Waals surface area contributed by atoms with Gasteiger partial charge in [0.1, 0.15) is 5.82 Å². The predicted octanol–water partition coefficient (Wildman–Crippen LogP) is 4.22. The third kappa shape index (κ3) is 4.16. The van der Waals surface area contributed by atoms with E-state index in [2.05, 4.69) is 25.3 Å². The first-order chi connectivity index (χ1) is 16.6. The molecule has 3 N–H and O–H groups in total. The number of nitrogen functional groups attached to an aromatic ring is 1. The van der Waals surface area contributed by atoms with E-state index < -0.39 is 11.9 Å². The van der Waals surface area contributed by atoms with Gasteiger partial charge in [-0.05, 0) is 31.2 Å². The Labute approximate surface area is 196 Å². The average molecular weight is 448 g/mol. The van der Waals surface area contributed by atoms with Crippen molar-refractivity contribution < 1.29 is 4.79 Å². The molecule has 5 aromatic rings.